The van der Waals surface area contributed by atoms with E-state index in [2.05, 4.69) is 24.9 Å². The molecule has 8 heteroatoms. The molecule has 30 heavy (non-hydrogen) atoms. The Hall–Kier alpha value is -1.80. The van der Waals surface area contributed by atoms with E-state index in [0.717, 1.165) is 87.5 Å². The van der Waals surface area contributed by atoms with Crippen LogP contribution >= 0.6 is 11.8 Å². The summed E-state index contributed by atoms with van der Waals surface area (Å²) in [4.78, 5) is 19.6. The first-order chi connectivity index (χ1) is 14.6. The van der Waals surface area contributed by atoms with Crippen molar-refractivity contribution in [1.29, 1.82) is 0 Å². The number of aromatic amines is 1. The van der Waals surface area contributed by atoms with Gasteiger partial charge in [-0.25, -0.2) is 4.39 Å². The molecular weight excluding hydrogens is 401 g/mol. The Labute approximate surface area is 181 Å². The van der Waals surface area contributed by atoms with Gasteiger partial charge in [-0.15, -0.1) is 11.8 Å². The number of benzene rings is 1. The van der Waals surface area contributed by atoms with E-state index in [1.165, 1.54) is 25.0 Å². The van der Waals surface area contributed by atoms with Crippen LogP contribution in [0.4, 0.5) is 10.2 Å². The van der Waals surface area contributed by atoms with E-state index in [0.29, 0.717) is 5.91 Å². The summed E-state index contributed by atoms with van der Waals surface area (Å²) in [6.45, 7) is 5.88. The van der Waals surface area contributed by atoms with Crippen LogP contribution in [0, 0.1) is 5.82 Å². The monoisotopic (exact) mass is 431 g/mol. The van der Waals surface area contributed by atoms with Crippen LogP contribution in [0.3, 0.4) is 0 Å². The number of rotatable bonds is 6. The number of amides is 1. The van der Waals surface area contributed by atoms with Gasteiger partial charge in [0.25, 0.3) is 0 Å². The predicted molar refractivity (Wildman–Crippen MR) is 119 cm³/mol. The molecule has 0 radical (unpaired) electrons. The van der Waals surface area contributed by atoms with E-state index in [1.807, 2.05) is 17.8 Å². The number of unbranched alkanes of at least 4 members (excludes halogenated alkanes) is 1. The minimum Gasteiger partial charge on any atom is -0.352 e. The Morgan fingerprint density at radius 2 is 1.87 bits per heavy atom. The van der Waals surface area contributed by atoms with Crippen molar-refractivity contribution in [2.75, 3.05) is 50.0 Å². The van der Waals surface area contributed by atoms with Crippen molar-refractivity contribution in [3.05, 3.63) is 24.0 Å². The summed E-state index contributed by atoms with van der Waals surface area (Å²) in [6, 6.07) is 4.81. The largest absolute Gasteiger partial charge is 0.352 e. The average molecular weight is 432 g/mol. The molecular formula is C22H30FN5OS. The Morgan fingerprint density at radius 1 is 1.10 bits per heavy atom. The fourth-order valence-electron chi connectivity index (χ4n) is 5.12. The lowest BCUT2D eigenvalue weighted by Crippen LogP contribution is -2.47. The lowest BCUT2D eigenvalue weighted by molar-refractivity contribution is -0.131. The number of nitrogens with zero attached hydrogens (tertiary/aromatic N) is 4. The number of hydrogen-bond donors (Lipinski definition) is 1. The van der Waals surface area contributed by atoms with Crippen LogP contribution in [0.2, 0.25) is 0 Å². The van der Waals surface area contributed by atoms with Crippen LogP contribution in [0.15, 0.2) is 18.2 Å². The molecule has 0 atom stereocenters. The van der Waals surface area contributed by atoms with Crippen molar-refractivity contribution in [3.63, 3.8) is 0 Å². The second-order valence-corrected chi connectivity index (χ2v) is 10.1. The number of carbonyl (C=O) groups is 1. The van der Waals surface area contributed by atoms with Crippen molar-refractivity contribution in [2.24, 2.45) is 0 Å². The number of piperazine rings is 1. The minimum absolute atomic E-state index is 0.0570. The SMILES string of the molecule is O=C1N(CCCCN2CCN(c3n[nH]c4cc(F)ccc34)CC2)CSC12CCCC2. The maximum atomic E-state index is 13.4. The van der Waals surface area contributed by atoms with E-state index in [-0.39, 0.29) is 10.6 Å². The number of nitrogens with one attached hydrogen (secondary N) is 1. The Morgan fingerprint density at radius 3 is 2.67 bits per heavy atom. The van der Waals surface area contributed by atoms with Gasteiger partial charge in [0.15, 0.2) is 5.82 Å². The van der Waals surface area contributed by atoms with E-state index >= 15 is 0 Å². The zero-order chi connectivity index (χ0) is 20.6. The molecule has 3 fully saturated rings. The Bertz CT molecular complexity index is 904. The quantitative estimate of drug-likeness (QED) is 0.710. The molecule has 1 aromatic heterocycles. The summed E-state index contributed by atoms with van der Waals surface area (Å²) in [6.07, 6.45) is 6.80. The maximum Gasteiger partial charge on any atom is 0.239 e. The normalized spacial score (nSPS) is 22.1. The number of anilines is 1. The van der Waals surface area contributed by atoms with E-state index in [1.54, 1.807) is 0 Å². The van der Waals surface area contributed by atoms with Gasteiger partial charge < -0.3 is 9.80 Å². The highest BCUT2D eigenvalue weighted by molar-refractivity contribution is 8.01. The van der Waals surface area contributed by atoms with Gasteiger partial charge in [0.05, 0.1) is 16.1 Å². The second kappa shape index (κ2) is 8.38. The van der Waals surface area contributed by atoms with E-state index < -0.39 is 0 Å². The molecule has 1 N–H and O–H groups in total. The molecule has 2 aromatic rings. The summed E-state index contributed by atoms with van der Waals surface area (Å²) in [5, 5.41) is 8.35. The van der Waals surface area contributed by atoms with Gasteiger partial charge in [-0.3, -0.25) is 14.8 Å². The number of halogens is 1. The molecule has 1 amide bonds. The van der Waals surface area contributed by atoms with Gasteiger partial charge in [-0.05, 0) is 50.4 Å². The molecule has 3 heterocycles. The number of carbonyl (C=O) groups excluding carboxylic acids is 1. The third kappa shape index (κ3) is 3.80. The first-order valence-electron chi connectivity index (χ1n) is 11.2. The van der Waals surface area contributed by atoms with E-state index in [9.17, 15) is 9.18 Å². The Kier molecular flexibility index (Phi) is 5.62. The predicted octanol–water partition coefficient (Wildman–Crippen LogP) is 3.45. The molecule has 1 aromatic carbocycles. The van der Waals surface area contributed by atoms with Gasteiger partial charge in [0.2, 0.25) is 5.91 Å². The fourth-order valence-corrected chi connectivity index (χ4v) is 6.60. The number of fused-ring (bicyclic) bond motifs is 1. The minimum atomic E-state index is -0.241. The van der Waals surface area contributed by atoms with Crippen molar-refractivity contribution in [2.45, 2.75) is 43.3 Å². The van der Waals surface area contributed by atoms with Gasteiger partial charge in [0, 0.05) is 38.1 Å². The molecule has 3 aliphatic rings. The van der Waals surface area contributed by atoms with Crippen LogP contribution in [-0.4, -0.2) is 75.8 Å². The highest BCUT2D eigenvalue weighted by Crippen LogP contribution is 2.47. The van der Waals surface area contributed by atoms with Crippen molar-refractivity contribution in [1.82, 2.24) is 20.0 Å². The third-order valence-corrected chi connectivity index (χ3v) is 8.49. The first-order valence-corrected chi connectivity index (χ1v) is 12.2. The summed E-state index contributed by atoms with van der Waals surface area (Å²) < 4.78 is 13.3. The molecule has 162 valence electrons. The van der Waals surface area contributed by atoms with Crippen molar-refractivity contribution < 1.29 is 9.18 Å². The smallest absolute Gasteiger partial charge is 0.239 e. The molecule has 5 rings (SSSR count). The highest BCUT2D eigenvalue weighted by Gasteiger charge is 2.48. The van der Waals surface area contributed by atoms with Gasteiger partial charge in [-0.2, -0.15) is 5.10 Å². The maximum absolute atomic E-state index is 13.4. The fraction of sp³-hybridized carbons (Fsp3) is 0.636. The number of thioether (sulfide) groups is 1. The zero-order valence-corrected chi connectivity index (χ0v) is 18.2. The molecule has 0 bridgehead atoms. The summed E-state index contributed by atoms with van der Waals surface area (Å²) in [7, 11) is 0. The Balaban J connectivity index is 1.05. The molecule has 2 aliphatic heterocycles. The number of H-pyrrole nitrogens is 1. The first kappa shape index (κ1) is 20.1. The molecule has 0 unspecified atom stereocenters. The topological polar surface area (TPSA) is 55.5 Å². The molecule has 2 saturated heterocycles. The summed E-state index contributed by atoms with van der Waals surface area (Å²) >= 11 is 1.89. The van der Waals surface area contributed by atoms with Crippen LogP contribution in [0.1, 0.15) is 38.5 Å². The number of hydrogen-bond acceptors (Lipinski definition) is 5. The molecule has 1 saturated carbocycles. The number of aromatic nitrogens is 2. The van der Waals surface area contributed by atoms with Crippen LogP contribution in [0.25, 0.3) is 10.9 Å². The van der Waals surface area contributed by atoms with Gasteiger partial charge in [0.1, 0.15) is 5.82 Å². The highest BCUT2D eigenvalue weighted by atomic mass is 32.2. The molecule has 6 nitrogen and oxygen atoms in total. The summed E-state index contributed by atoms with van der Waals surface area (Å²) in [5.41, 5.74) is 0.751. The van der Waals surface area contributed by atoms with Crippen molar-refractivity contribution in [3.8, 4) is 0 Å². The lowest BCUT2D eigenvalue weighted by atomic mass is 10.1. The standard InChI is InChI=1S/C22H30FN5OS/c23-17-5-6-18-19(15-17)24-25-20(18)27-13-11-26(12-14-27)9-3-4-10-28-16-30-22(21(28)29)7-1-2-8-22/h5-6,15H,1-4,7-14,16H2,(H,24,25). The molecule has 1 spiro atoms. The molecule has 1 aliphatic carbocycles. The van der Waals surface area contributed by atoms with E-state index in [4.69, 9.17) is 0 Å². The lowest BCUT2D eigenvalue weighted by Gasteiger charge is -2.35. The summed E-state index contributed by atoms with van der Waals surface area (Å²) in [5.74, 6) is 1.98. The second-order valence-electron chi connectivity index (χ2n) is 8.82. The zero-order valence-electron chi connectivity index (χ0n) is 17.4. The van der Waals surface area contributed by atoms with Gasteiger partial charge >= 0.3 is 0 Å². The van der Waals surface area contributed by atoms with Crippen LogP contribution in [0.5, 0.6) is 0 Å². The van der Waals surface area contributed by atoms with Crippen LogP contribution in [-0.2, 0) is 4.79 Å². The van der Waals surface area contributed by atoms with Crippen molar-refractivity contribution >= 4 is 34.4 Å². The van der Waals surface area contributed by atoms with Crippen LogP contribution < -0.4 is 4.90 Å². The van der Waals surface area contributed by atoms with Gasteiger partial charge in [-0.1, -0.05) is 12.8 Å². The average Bonchev–Trinajstić information content (AvgIpc) is 3.47. The third-order valence-electron chi connectivity index (χ3n) is 6.91.